The average Bonchev–Trinajstić information content (AvgIpc) is 3.21. The molecule has 0 bridgehead atoms. The number of aliphatic hydroxyl groups is 1. The molecule has 2 saturated carbocycles. The Morgan fingerprint density at radius 2 is 1.97 bits per heavy atom. The van der Waals surface area contributed by atoms with Gasteiger partial charge in [0.05, 0.1) is 12.1 Å². The van der Waals surface area contributed by atoms with Crippen LogP contribution in [0.2, 0.25) is 0 Å². The number of hydrogen-bond acceptors (Lipinski definition) is 9. The van der Waals surface area contributed by atoms with Crippen molar-refractivity contribution in [3.63, 3.8) is 0 Å². The van der Waals surface area contributed by atoms with Gasteiger partial charge >= 0.3 is 0 Å². The minimum atomic E-state index is -0.851. The lowest BCUT2D eigenvalue weighted by Crippen LogP contribution is -2.29. The zero-order chi connectivity index (χ0) is 25.9. The number of anilines is 1. The van der Waals surface area contributed by atoms with E-state index in [0.717, 1.165) is 36.6 Å². The van der Waals surface area contributed by atoms with Gasteiger partial charge in [0.2, 0.25) is 0 Å². The third-order valence-corrected chi connectivity index (χ3v) is 8.17. The number of unbranched alkanes of at least 4 members (excludes halogenated alkanes) is 1. The van der Waals surface area contributed by atoms with Crippen molar-refractivity contribution in [1.29, 1.82) is 0 Å². The second-order valence-corrected chi connectivity index (χ2v) is 11.5. The fraction of sp³-hybridized carbons (Fsp3) is 0.600. The van der Waals surface area contributed by atoms with Gasteiger partial charge in [0.25, 0.3) is 0 Å². The summed E-state index contributed by atoms with van der Waals surface area (Å²) in [4.78, 5) is 9.54. The third kappa shape index (κ3) is 4.68. The molecule has 198 valence electrons. The molecule has 0 amide bonds. The van der Waals surface area contributed by atoms with E-state index in [9.17, 15) is 13.9 Å². The number of ether oxygens (including phenoxy) is 2. The molecule has 6 atom stereocenters. The van der Waals surface area contributed by atoms with E-state index in [0.29, 0.717) is 28.6 Å². The van der Waals surface area contributed by atoms with Gasteiger partial charge < -0.3 is 19.9 Å². The summed E-state index contributed by atoms with van der Waals surface area (Å²) in [5.74, 6) is -1.01. The Morgan fingerprint density at radius 3 is 2.76 bits per heavy atom. The van der Waals surface area contributed by atoms with E-state index in [1.165, 1.54) is 6.07 Å². The van der Waals surface area contributed by atoms with Crippen molar-refractivity contribution in [2.75, 3.05) is 11.1 Å². The van der Waals surface area contributed by atoms with Crippen molar-refractivity contribution in [1.82, 2.24) is 25.0 Å². The number of nitrogens with one attached hydrogen (secondary N) is 1. The van der Waals surface area contributed by atoms with Gasteiger partial charge in [-0.15, -0.1) is 5.10 Å². The van der Waals surface area contributed by atoms with E-state index in [4.69, 9.17) is 19.4 Å². The molecule has 1 aromatic carbocycles. The van der Waals surface area contributed by atoms with Crippen LogP contribution in [0.25, 0.3) is 11.2 Å². The predicted molar refractivity (Wildman–Crippen MR) is 133 cm³/mol. The summed E-state index contributed by atoms with van der Waals surface area (Å²) >= 11 is 1.57. The van der Waals surface area contributed by atoms with E-state index < -0.39 is 29.6 Å². The molecule has 3 aromatic rings. The van der Waals surface area contributed by atoms with Crippen LogP contribution in [-0.2, 0) is 9.47 Å². The van der Waals surface area contributed by atoms with Gasteiger partial charge in [0, 0.05) is 24.1 Å². The maximum Gasteiger partial charge on any atom is 0.191 e. The zero-order valence-electron chi connectivity index (χ0n) is 20.9. The molecule has 0 spiro atoms. The fourth-order valence-electron chi connectivity index (χ4n) is 5.32. The normalized spacial score (nSPS) is 30.1. The van der Waals surface area contributed by atoms with Crippen LogP contribution in [0.15, 0.2) is 23.4 Å². The first-order valence-electron chi connectivity index (χ1n) is 12.7. The summed E-state index contributed by atoms with van der Waals surface area (Å²) in [6, 6.07) is 3.75. The van der Waals surface area contributed by atoms with Crippen LogP contribution < -0.4 is 5.32 Å². The van der Waals surface area contributed by atoms with Crippen LogP contribution in [-0.4, -0.2) is 66.0 Å². The minimum Gasteiger partial charge on any atom is -0.390 e. The Balaban J connectivity index is 1.31. The van der Waals surface area contributed by atoms with Crippen LogP contribution in [0, 0.1) is 11.6 Å². The Bertz CT molecular complexity index is 1320. The number of aromatic nitrogens is 5. The summed E-state index contributed by atoms with van der Waals surface area (Å²) in [6.45, 7) is 5.80. The molecule has 2 aromatic heterocycles. The summed E-state index contributed by atoms with van der Waals surface area (Å²) in [5, 5.41) is 23.5. The van der Waals surface area contributed by atoms with Gasteiger partial charge in [0.15, 0.2) is 39.6 Å². The third-order valence-electron chi connectivity index (χ3n) is 7.24. The average molecular weight is 533 g/mol. The van der Waals surface area contributed by atoms with Crippen molar-refractivity contribution < 1.29 is 23.4 Å². The van der Waals surface area contributed by atoms with Crippen LogP contribution in [0.3, 0.4) is 0 Å². The number of aliphatic hydroxyl groups excluding tert-OH is 1. The van der Waals surface area contributed by atoms with Crippen molar-refractivity contribution >= 4 is 28.7 Å². The Hall–Kier alpha value is -2.41. The summed E-state index contributed by atoms with van der Waals surface area (Å²) < 4.78 is 41.0. The van der Waals surface area contributed by atoms with Crippen LogP contribution in [0.4, 0.5) is 14.6 Å². The summed E-state index contributed by atoms with van der Waals surface area (Å²) in [7, 11) is 0. The molecule has 1 unspecified atom stereocenters. The number of hydrogen-bond donors (Lipinski definition) is 2. The maximum absolute atomic E-state index is 13.8. The first kappa shape index (κ1) is 24.9. The van der Waals surface area contributed by atoms with Crippen LogP contribution >= 0.6 is 11.8 Å². The molecule has 2 aliphatic carbocycles. The van der Waals surface area contributed by atoms with Crippen molar-refractivity contribution in [3.05, 3.63) is 35.4 Å². The first-order chi connectivity index (χ1) is 17.7. The second-order valence-electron chi connectivity index (χ2n) is 10.5. The predicted octanol–water partition coefficient (Wildman–Crippen LogP) is 4.19. The van der Waals surface area contributed by atoms with Crippen LogP contribution in [0.5, 0.6) is 0 Å². The largest absolute Gasteiger partial charge is 0.390 e. The van der Waals surface area contributed by atoms with Crippen molar-refractivity contribution in [3.8, 4) is 0 Å². The Labute approximate surface area is 217 Å². The number of benzene rings is 1. The van der Waals surface area contributed by atoms with Gasteiger partial charge in [-0.3, -0.25) is 0 Å². The molecular formula is C25H30F2N6O3S. The summed E-state index contributed by atoms with van der Waals surface area (Å²) in [5.41, 5.74) is 1.83. The molecule has 0 radical (unpaired) electrons. The Kier molecular flexibility index (Phi) is 6.33. The van der Waals surface area contributed by atoms with Gasteiger partial charge in [0.1, 0.15) is 12.2 Å². The lowest BCUT2D eigenvalue weighted by atomic mass is 10.1. The number of thioether (sulfide) groups is 1. The monoisotopic (exact) mass is 532 g/mol. The Morgan fingerprint density at radius 1 is 1.16 bits per heavy atom. The molecular weight excluding hydrogens is 502 g/mol. The quantitative estimate of drug-likeness (QED) is 0.251. The highest BCUT2D eigenvalue weighted by molar-refractivity contribution is 7.99. The van der Waals surface area contributed by atoms with E-state index in [2.05, 4.69) is 22.6 Å². The number of rotatable bonds is 8. The van der Waals surface area contributed by atoms with E-state index >= 15 is 0 Å². The molecule has 9 nitrogen and oxygen atoms in total. The van der Waals surface area contributed by atoms with E-state index in [1.54, 1.807) is 22.5 Å². The molecule has 3 fully saturated rings. The van der Waals surface area contributed by atoms with Gasteiger partial charge in [-0.25, -0.2) is 23.4 Å². The number of nitrogens with zero attached hydrogens (tertiary/aromatic N) is 5. The zero-order valence-corrected chi connectivity index (χ0v) is 21.7. The molecule has 1 aliphatic heterocycles. The highest BCUT2D eigenvalue weighted by atomic mass is 32.2. The van der Waals surface area contributed by atoms with Gasteiger partial charge in [-0.05, 0) is 44.4 Å². The molecule has 3 heterocycles. The highest BCUT2D eigenvalue weighted by Crippen LogP contribution is 2.46. The second kappa shape index (κ2) is 9.40. The highest BCUT2D eigenvalue weighted by Gasteiger charge is 2.55. The molecule has 6 rings (SSSR count). The molecule has 12 heteroatoms. The van der Waals surface area contributed by atoms with E-state index in [-0.39, 0.29) is 24.1 Å². The maximum atomic E-state index is 13.8. The topological polar surface area (TPSA) is 107 Å². The van der Waals surface area contributed by atoms with Gasteiger partial charge in [-0.1, -0.05) is 36.4 Å². The van der Waals surface area contributed by atoms with E-state index in [1.807, 2.05) is 13.8 Å². The number of halogens is 2. The fourth-order valence-corrected chi connectivity index (χ4v) is 6.24. The molecule has 1 saturated heterocycles. The first-order valence-corrected chi connectivity index (χ1v) is 13.7. The van der Waals surface area contributed by atoms with Gasteiger partial charge in [-0.2, -0.15) is 0 Å². The lowest BCUT2D eigenvalue weighted by molar-refractivity contribution is -0.165. The van der Waals surface area contributed by atoms with Crippen molar-refractivity contribution in [2.24, 2.45) is 0 Å². The van der Waals surface area contributed by atoms with Crippen LogP contribution in [0.1, 0.15) is 64.0 Å². The lowest BCUT2D eigenvalue weighted by Gasteiger charge is -2.22. The molecule has 2 N–H and O–H groups in total. The standard InChI is InChI=1S/C25H30F2N6O3S/c1-4-5-8-37-24-29-22(28-16-10-13(16)12-6-7-14(26)15(27)9-12)19-23(30-24)33(32-31-19)17-11-18(34)21-20(17)35-25(2,3)36-21/h6-7,9,13,16-18,20-21,34H,4-5,8,10-11H2,1-3H3,(H,28,29,30)/t13-,16+,17?,18+,20+,21-/m0/s1. The minimum absolute atomic E-state index is 0.00616. The smallest absolute Gasteiger partial charge is 0.191 e. The van der Waals surface area contributed by atoms with Crippen molar-refractivity contribution in [2.45, 2.75) is 93.7 Å². The molecule has 3 aliphatic rings. The SMILES string of the molecule is CCCCSc1nc(N[C@@H]2C[C@H]2c2ccc(F)c(F)c2)c2nnn(C3C[C@@H](O)[C@@H]4OC(C)(C)O[C@H]34)c2n1. The molecule has 37 heavy (non-hydrogen) atoms. The summed E-state index contributed by atoms with van der Waals surface area (Å²) in [6.07, 6.45) is 1.77. The number of fused-ring (bicyclic) bond motifs is 2.